The Bertz CT molecular complexity index is 305. The minimum atomic E-state index is 0.177. The summed E-state index contributed by atoms with van der Waals surface area (Å²) in [6.07, 6.45) is 5.21. The van der Waals surface area contributed by atoms with Crippen molar-refractivity contribution in [2.45, 2.75) is 31.7 Å². The van der Waals surface area contributed by atoms with Gasteiger partial charge < -0.3 is 5.73 Å². The molecule has 0 aliphatic heterocycles. The maximum atomic E-state index is 6.21. The molecule has 0 spiro atoms. The van der Waals surface area contributed by atoms with Crippen LogP contribution in [0.3, 0.4) is 0 Å². The first-order chi connectivity index (χ1) is 6.77. The SMILES string of the molecule is NC(c1cccc(Cl)c1)C1CCCC1. The van der Waals surface area contributed by atoms with Gasteiger partial charge in [-0.15, -0.1) is 0 Å². The van der Waals surface area contributed by atoms with Crippen LogP contribution in [0.1, 0.15) is 37.3 Å². The largest absolute Gasteiger partial charge is 0.324 e. The van der Waals surface area contributed by atoms with Crippen molar-refractivity contribution in [1.29, 1.82) is 0 Å². The fourth-order valence-electron chi connectivity index (χ4n) is 2.30. The van der Waals surface area contributed by atoms with Gasteiger partial charge in [-0.1, -0.05) is 36.6 Å². The van der Waals surface area contributed by atoms with Crippen LogP contribution in [-0.4, -0.2) is 0 Å². The Labute approximate surface area is 90.3 Å². The molecule has 14 heavy (non-hydrogen) atoms. The highest BCUT2D eigenvalue weighted by Gasteiger charge is 2.22. The van der Waals surface area contributed by atoms with Gasteiger partial charge in [-0.3, -0.25) is 0 Å². The maximum Gasteiger partial charge on any atom is 0.0409 e. The monoisotopic (exact) mass is 209 g/mol. The Morgan fingerprint density at radius 3 is 2.64 bits per heavy atom. The van der Waals surface area contributed by atoms with Gasteiger partial charge in [-0.05, 0) is 36.5 Å². The number of hydrogen-bond donors (Lipinski definition) is 1. The molecule has 0 aromatic heterocycles. The first kappa shape index (κ1) is 10.0. The van der Waals surface area contributed by atoms with Gasteiger partial charge in [0.25, 0.3) is 0 Å². The Morgan fingerprint density at radius 2 is 2.00 bits per heavy atom. The first-order valence-electron chi connectivity index (χ1n) is 5.28. The molecule has 1 saturated carbocycles. The second-order valence-electron chi connectivity index (χ2n) is 4.13. The summed E-state index contributed by atoms with van der Waals surface area (Å²) in [6, 6.07) is 8.12. The van der Waals surface area contributed by atoms with E-state index in [1.807, 2.05) is 18.2 Å². The zero-order valence-electron chi connectivity index (χ0n) is 8.25. The third kappa shape index (κ3) is 2.10. The lowest BCUT2D eigenvalue weighted by Gasteiger charge is -2.19. The second kappa shape index (κ2) is 4.33. The molecule has 1 unspecified atom stereocenters. The summed E-state index contributed by atoms with van der Waals surface area (Å²) in [5.74, 6) is 0.661. The molecule has 1 fully saturated rings. The van der Waals surface area contributed by atoms with Crippen LogP contribution in [0.5, 0.6) is 0 Å². The van der Waals surface area contributed by atoms with E-state index in [4.69, 9.17) is 17.3 Å². The highest BCUT2D eigenvalue weighted by Crippen LogP contribution is 2.34. The number of rotatable bonds is 2. The van der Waals surface area contributed by atoms with Crippen molar-refractivity contribution >= 4 is 11.6 Å². The Hall–Kier alpha value is -0.530. The van der Waals surface area contributed by atoms with E-state index >= 15 is 0 Å². The lowest BCUT2D eigenvalue weighted by Crippen LogP contribution is -2.18. The molecule has 1 nitrogen and oxygen atoms in total. The molecule has 76 valence electrons. The van der Waals surface area contributed by atoms with Crippen molar-refractivity contribution in [3.8, 4) is 0 Å². The predicted molar refractivity (Wildman–Crippen MR) is 60.3 cm³/mol. The zero-order chi connectivity index (χ0) is 9.97. The van der Waals surface area contributed by atoms with E-state index in [-0.39, 0.29) is 6.04 Å². The summed E-state index contributed by atoms with van der Waals surface area (Å²) in [7, 11) is 0. The van der Waals surface area contributed by atoms with Crippen LogP contribution in [-0.2, 0) is 0 Å². The molecular formula is C12H16ClN. The Morgan fingerprint density at radius 1 is 1.29 bits per heavy atom. The summed E-state index contributed by atoms with van der Waals surface area (Å²) < 4.78 is 0. The number of halogens is 1. The van der Waals surface area contributed by atoms with Crippen LogP contribution < -0.4 is 5.73 Å². The summed E-state index contributed by atoms with van der Waals surface area (Å²) in [5, 5.41) is 0.788. The summed E-state index contributed by atoms with van der Waals surface area (Å²) >= 11 is 5.94. The van der Waals surface area contributed by atoms with Crippen LogP contribution in [0.4, 0.5) is 0 Å². The topological polar surface area (TPSA) is 26.0 Å². The van der Waals surface area contributed by atoms with Gasteiger partial charge in [0.05, 0.1) is 0 Å². The van der Waals surface area contributed by atoms with Crippen LogP contribution in [0.25, 0.3) is 0 Å². The lowest BCUT2D eigenvalue weighted by molar-refractivity contribution is 0.445. The second-order valence-corrected chi connectivity index (χ2v) is 4.56. The van der Waals surface area contributed by atoms with E-state index < -0.39 is 0 Å². The molecule has 0 heterocycles. The van der Waals surface area contributed by atoms with Gasteiger partial charge in [0, 0.05) is 11.1 Å². The van der Waals surface area contributed by atoms with Crippen LogP contribution in [0, 0.1) is 5.92 Å². The van der Waals surface area contributed by atoms with E-state index in [9.17, 15) is 0 Å². The lowest BCUT2D eigenvalue weighted by atomic mass is 9.93. The van der Waals surface area contributed by atoms with Crippen LogP contribution in [0.15, 0.2) is 24.3 Å². The van der Waals surface area contributed by atoms with E-state index in [0.29, 0.717) is 5.92 Å². The van der Waals surface area contributed by atoms with Gasteiger partial charge in [-0.2, -0.15) is 0 Å². The molecule has 1 aromatic carbocycles. The molecule has 0 bridgehead atoms. The fourth-order valence-corrected chi connectivity index (χ4v) is 2.50. The van der Waals surface area contributed by atoms with Gasteiger partial charge in [0.2, 0.25) is 0 Å². The predicted octanol–water partition coefficient (Wildman–Crippen LogP) is 3.53. The van der Waals surface area contributed by atoms with E-state index in [1.54, 1.807) is 0 Å². The molecule has 0 radical (unpaired) electrons. The van der Waals surface area contributed by atoms with Crippen LogP contribution in [0.2, 0.25) is 5.02 Å². The van der Waals surface area contributed by atoms with Crippen molar-refractivity contribution < 1.29 is 0 Å². The smallest absolute Gasteiger partial charge is 0.0409 e. The highest BCUT2D eigenvalue weighted by molar-refractivity contribution is 6.30. The van der Waals surface area contributed by atoms with Crippen molar-refractivity contribution in [2.24, 2.45) is 11.7 Å². The quantitative estimate of drug-likeness (QED) is 0.793. The van der Waals surface area contributed by atoms with E-state index in [2.05, 4.69) is 6.07 Å². The first-order valence-corrected chi connectivity index (χ1v) is 5.66. The Kier molecular flexibility index (Phi) is 3.09. The van der Waals surface area contributed by atoms with E-state index in [0.717, 1.165) is 5.02 Å². The summed E-state index contributed by atoms with van der Waals surface area (Å²) in [4.78, 5) is 0. The molecule has 1 aromatic rings. The fraction of sp³-hybridized carbons (Fsp3) is 0.500. The minimum absolute atomic E-state index is 0.177. The third-order valence-electron chi connectivity index (χ3n) is 3.14. The van der Waals surface area contributed by atoms with Gasteiger partial charge in [-0.25, -0.2) is 0 Å². The molecule has 0 saturated heterocycles. The summed E-state index contributed by atoms with van der Waals surface area (Å²) in [5.41, 5.74) is 7.40. The van der Waals surface area contributed by atoms with Crippen molar-refractivity contribution in [2.75, 3.05) is 0 Å². The van der Waals surface area contributed by atoms with Crippen LogP contribution >= 0.6 is 11.6 Å². The number of benzene rings is 1. The molecule has 2 rings (SSSR count). The van der Waals surface area contributed by atoms with Gasteiger partial charge in [0.1, 0.15) is 0 Å². The number of hydrogen-bond acceptors (Lipinski definition) is 1. The standard InChI is InChI=1S/C12H16ClN/c13-11-7-3-6-10(8-11)12(14)9-4-1-2-5-9/h3,6-9,12H,1-2,4-5,14H2. The van der Waals surface area contributed by atoms with Crippen molar-refractivity contribution in [3.05, 3.63) is 34.9 Å². The van der Waals surface area contributed by atoms with Crippen molar-refractivity contribution in [3.63, 3.8) is 0 Å². The van der Waals surface area contributed by atoms with Gasteiger partial charge >= 0.3 is 0 Å². The molecule has 2 N–H and O–H groups in total. The minimum Gasteiger partial charge on any atom is -0.324 e. The Balaban J connectivity index is 2.13. The normalized spacial score (nSPS) is 19.9. The highest BCUT2D eigenvalue weighted by atomic mass is 35.5. The average Bonchev–Trinajstić information content (AvgIpc) is 2.69. The molecule has 2 heteroatoms. The number of nitrogens with two attached hydrogens (primary N) is 1. The molecule has 0 amide bonds. The molecular weight excluding hydrogens is 194 g/mol. The maximum absolute atomic E-state index is 6.21. The average molecular weight is 210 g/mol. The molecule has 1 atom stereocenters. The summed E-state index contributed by atoms with van der Waals surface area (Å²) in [6.45, 7) is 0. The zero-order valence-corrected chi connectivity index (χ0v) is 9.00. The van der Waals surface area contributed by atoms with Gasteiger partial charge in [0.15, 0.2) is 0 Å². The molecule has 1 aliphatic carbocycles. The third-order valence-corrected chi connectivity index (χ3v) is 3.38. The van der Waals surface area contributed by atoms with E-state index in [1.165, 1.54) is 31.2 Å². The van der Waals surface area contributed by atoms with Crippen molar-refractivity contribution in [1.82, 2.24) is 0 Å². The molecule has 1 aliphatic rings.